The van der Waals surface area contributed by atoms with Crippen molar-refractivity contribution in [1.82, 2.24) is 5.32 Å². The Morgan fingerprint density at radius 1 is 1.46 bits per heavy atom. The maximum atomic E-state index is 5.28. The Hall–Kier alpha value is -0.0800. The Balaban J connectivity index is 1.93. The van der Waals surface area contributed by atoms with Crippen LogP contribution < -0.4 is 5.32 Å². The van der Waals surface area contributed by atoms with Crippen molar-refractivity contribution in [3.63, 3.8) is 0 Å². The SMILES string of the molecule is CCOCCCNC(C)C1(C)CC1. The van der Waals surface area contributed by atoms with Gasteiger partial charge in [-0.2, -0.15) is 0 Å². The summed E-state index contributed by atoms with van der Waals surface area (Å²) in [4.78, 5) is 0. The molecule has 0 amide bonds. The van der Waals surface area contributed by atoms with E-state index in [1.807, 2.05) is 6.92 Å². The molecule has 0 spiro atoms. The van der Waals surface area contributed by atoms with Crippen molar-refractivity contribution in [1.29, 1.82) is 0 Å². The van der Waals surface area contributed by atoms with Crippen LogP contribution in [0.25, 0.3) is 0 Å². The zero-order valence-corrected chi connectivity index (χ0v) is 9.23. The van der Waals surface area contributed by atoms with Crippen LogP contribution in [0.5, 0.6) is 0 Å². The predicted molar refractivity (Wildman–Crippen MR) is 55.9 cm³/mol. The standard InChI is InChI=1S/C11H23NO/c1-4-13-9-5-8-12-10(2)11(3)6-7-11/h10,12H,4-9H2,1-3H3. The van der Waals surface area contributed by atoms with Crippen LogP contribution in [0.15, 0.2) is 0 Å². The summed E-state index contributed by atoms with van der Waals surface area (Å²) in [6.45, 7) is 9.54. The number of nitrogens with one attached hydrogen (secondary N) is 1. The Morgan fingerprint density at radius 2 is 2.15 bits per heavy atom. The fourth-order valence-electron chi connectivity index (χ4n) is 1.51. The average Bonchev–Trinajstić information content (AvgIpc) is 2.84. The second kappa shape index (κ2) is 4.97. The second-order valence-corrected chi connectivity index (χ2v) is 4.38. The molecule has 0 saturated heterocycles. The molecule has 1 unspecified atom stereocenters. The molecule has 13 heavy (non-hydrogen) atoms. The van der Waals surface area contributed by atoms with Crippen LogP contribution in [0.1, 0.15) is 40.0 Å². The molecule has 0 bridgehead atoms. The average molecular weight is 185 g/mol. The van der Waals surface area contributed by atoms with Gasteiger partial charge in [-0.15, -0.1) is 0 Å². The molecule has 1 rings (SSSR count). The van der Waals surface area contributed by atoms with Crippen molar-refractivity contribution in [2.24, 2.45) is 5.41 Å². The highest BCUT2D eigenvalue weighted by Crippen LogP contribution is 2.47. The molecular weight excluding hydrogens is 162 g/mol. The Morgan fingerprint density at radius 3 is 2.69 bits per heavy atom. The highest BCUT2D eigenvalue weighted by atomic mass is 16.5. The minimum atomic E-state index is 0.603. The van der Waals surface area contributed by atoms with Crippen LogP contribution in [-0.4, -0.2) is 25.8 Å². The topological polar surface area (TPSA) is 21.3 Å². The van der Waals surface area contributed by atoms with Crippen LogP contribution in [-0.2, 0) is 4.74 Å². The first-order valence-electron chi connectivity index (χ1n) is 5.50. The fourth-order valence-corrected chi connectivity index (χ4v) is 1.51. The molecule has 1 atom stereocenters. The molecule has 0 aromatic carbocycles. The first kappa shape index (κ1) is 11.0. The molecule has 0 aromatic heterocycles. The largest absolute Gasteiger partial charge is 0.382 e. The molecule has 0 aromatic rings. The van der Waals surface area contributed by atoms with E-state index in [4.69, 9.17) is 4.74 Å². The third-order valence-corrected chi connectivity index (χ3v) is 3.20. The van der Waals surface area contributed by atoms with Crippen LogP contribution in [0.2, 0.25) is 0 Å². The van der Waals surface area contributed by atoms with E-state index in [1.165, 1.54) is 12.8 Å². The van der Waals surface area contributed by atoms with Gasteiger partial charge in [0.2, 0.25) is 0 Å². The third-order valence-electron chi connectivity index (χ3n) is 3.20. The number of rotatable bonds is 7. The maximum absolute atomic E-state index is 5.28. The van der Waals surface area contributed by atoms with Crippen LogP contribution in [0.4, 0.5) is 0 Å². The smallest absolute Gasteiger partial charge is 0.0477 e. The molecule has 1 saturated carbocycles. The minimum absolute atomic E-state index is 0.603. The Labute approximate surface area is 82.0 Å². The monoisotopic (exact) mass is 185 g/mol. The molecule has 0 aliphatic heterocycles. The fraction of sp³-hybridized carbons (Fsp3) is 1.00. The van der Waals surface area contributed by atoms with Crippen LogP contribution in [0.3, 0.4) is 0 Å². The van der Waals surface area contributed by atoms with Gasteiger partial charge in [-0.3, -0.25) is 0 Å². The highest BCUT2D eigenvalue weighted by molar-refractivity contribution is 4.96. The Kier molecular flexibility index (Phi) is 4.20. The van der Waals surface area contributed by atoms with Crippen LogP contribution in [0, 0.1) is 5.41 Å². The van der Waals surface area contributed by atoms with E-state index in [1.54, 1.807) is 0 Å². The van der Waals surface area contributed by atoms with Gasteiger partial charge in [0.05, 0.1) is 0 Å². The minimum Gasteiger partial charge on any atom is -0.382 e. The molecule has 1 N–H and O–H groups in total. The van der Waals surface area contributed by atoms with E-state index >= 15 is 0 Å². The summed E-state index contributed by atoms with van der Waals surface area (Å²) >= 11 is 0. The lowest BCUT2D eigenvalue weighted by Crippen LogP contribution is -2.34. The molecule has 0 heterocycles. The molecular formula is C11H23NO. The molecule has 0 radical (unpaired) electrons. The number of hydrogen-bond acceptors (Lipinski definition) is 2. The van der Waals surface area contributed by atoms with Crippen molar-refractivity contribution in [2.75, 3.05) is 19.8 Å². The summed E-state index contributed by atoms with van der Waals surface area (Å²) in [5.74, 6) is 0. The van der Waals surface area contributed by atoms with Gasteiger partial charge < -0.3 is 10.1 Å². The normalized spacial score (nSPS) is 21.5. The van der Waals surface area contributed by atoms with Gasteiger partial charge in [0.25, 0.3) is 0 Å². The molecule has 1 aliphatic rings. The summed E-state index contributed by atoms with van der Waals surface area (Å²) in [5, 5.41) is 3.56. The molecule has 78 valence electrons. The first-order valence-corrected chi connectivity index (χ1v) is 5.50. The summed E-state index contributed by atoms with van der Waals surface area (Å²) in [6, 6.07) is 0.675. The Bertz CT molecular complexity index is 143. The van der Waals surface area contributed by atoms with E-state index in [0.29, 0.717) is 11.5 Å². The van der Waals surface area contributed by atoms with Gasteiger partial charge in [0, 0.05) is 19.3 Å². The summed E-state index contributed by atoms with van der Waals surface area (Å²) in [7, 11) is 0. The summed E-state index contributed by atoms with van der Waals surface area (Å²) in [5.41, 5.74) is 0.603. The van der Waals surface area contributed by atoms with Crippen molar-refractivity contribution in [3.8, 4) is 0 Å². The van der Waals surface area contributed by atoms with E-state index in [9.17, 15) is 0 Å². The molecule has 2 nitrogen and oxygen atoms in total. The van der Waals surface area contributed by atoms with Gasteiger partial charge in [0.15, 0.2) is 0 Å². The van der Waals surface area contributed by atoms with Crippen molar-refractivity contribution < 1.29 is 4.74 Å². The van der Waals surface area contributed by atoms with Crippen molar-refractivity contribution in [2.45, 2.75) is 46.1 Å². The van der Waals surface area contributed by atoms with Gasteiger partial charge in [-0.05, 0) is 45.1 Å². The zero-order chi connectivity index (χ0) is 9.73. The quantitative estimate of drug-likeness (QED) is 0.614. The summed E-state index contributed by atoms with van der Waals surface area (Å²) in [6.07, 6.45) is 3.92. The predicted octanol–water partition coefficient (Wildman–Crippen LogP) is 2.19. The van der Waals surface area contributed by atoms with Gasteiger partial charge in [-0.25, -0.2) is 0 Å². The second-order valence-electron chi connectivity index (χ2n) is 4.38. The lowest BCUT2D eigenvalue weighted by atomic mass is 10.0. The van der Waals surface area contributed by atoms with Crippen LogP contribution >= 0.6 is 0 Å². The molecule has 2 heteroatoms. The van der Waals surface area contributed by atoms with Crippen molar-refractivity contribution in [3.05, 3.63) is 0 Å². The van der Waals surface area contributed by atoms with E-state index in [-0.39, 0.29) is 0 Å². The van der Waals surface area contributed by atoms with Gasteiger partial charge >= 0.3 is 0 Å². The number of ether oxygens (including phenoxy) is 1. The third kappa shape index (κ3) is 3.65. The lowest BCUT2D eigenvalue weighted by Gasteiger charge is -2.20. The maximum Gasteiger partial charge on any atom is 0.0477 e. The summed E-state index contributed by atoms with van der Waals surface area (Å²) < 4.78 is 5.28. The van der Waals surface area contributed by atoms with E-state index < -0.39 is 0 Å². The zero-order valence-electron chi connectivity index (χ0n) is 9.23. The van der Waals surface area contributed by atoms with Gasteiger partial charge in [-0.1, -0.05) is 6.92 Å². The lowest BCUT2D eigenvalue weighted by molar-refractivity contribution is 0.143. The van der Waals surface area contributed by atoms with E-state index in [2.05, 4.69) is 19.2 Å². The van der Waals surface area contributed by atoms with E-state index in [0.717, 1.165) is 26.2 Å². The van der Waals surface area contributed by atoms with Gasteiger partial charge in [0.1, 0.15) is 0 Å². The molecule has 1 fully saturated rings. The molecule has 1 aliphatic carbocycles. The highest BCUT2D eigenvalue weighted by Gasteiger charge is 2.41. The first-order chi connectivity index (χ1) is 6.19. The van der Waals surface area contributed by atoms with Crippen molar-refractivity contribution >= 4 is 0 Å². The number of hydrogen-bond donors (Lipinski definition) is 1.